The molecule has 0 saturated heterocycles. The highest BCUT2D eigenvalue weighted by Crippen LogP contribution is 2.08. The molecule has 14 heavy (non-hydrogen) atoms. The minimum Gasteiger partial charge on any atom is -0.441 e. The van der Waals surface area contributed by atoms with E-state index in [0.29, 0.717) is 0 Å². The Morgan fingerprint density at radius 2 is 1.71 bits per heavy atom. The van der Waals surface area contributed by atoms with E-state index in [1.165, 1.54) is 0 Å². The average Bonchev–Trinajstić information content (AvgIpc) is 2.01. The largest absolute Gasteiger partial charge is 0.441 e. The van der Waals surface area contributed by atoms with Gasteiger partial charge in [-0.2, -0.15) is 0 Å². The van der Waals surface area contributed by atoms with E-state index in [0.717, 1.165) is 6.04 Å². The van der Waals surface area contributed by atoms with Gasteiger partial charge >= 0.3 is 0 Å². The molecule has 0 aliphatic rings. The molecule has 0 fully saturated rings. The lowest BCUT2D eigenvalue weighted by atomic mass is 10.9. The van der Waals surface area contributed by atoms with Gasteiger partial charge in [0.05, 0.1) is 12.1 Å². The highest BCUT2D eigenvalue weighted by molar-refractivity contribution is 7.17. The Balaban J connectivity index is 3.65. The maximum Gasteiger partial charge on any atom is 0.297 e. The smallest absolute Gasteiger partial charge is 0.297 e. The predicted molar refractivity (Wildman–Crippen MR) is 68.8 cm³/mol. The molecule has 0 saturated carbocycles. The van der Waals surface area contributed by atoms with Crippen LogP contribution in [0.3, 0.4) is 0 Å². The van der Waals surface area contributed by atoms with Gasteiger partial charge in [0.2, 0.25) is 0 Å². The number of aliphatic hydroxyl groups excluding tert-OH is 2. The number of hydrogen-bond acceptors (Lipinski definition) is 4. The highest BCUT2D eigenvalue weighted by Gasteiger charge is 2.16. The van der Waals surface area contributed by atoms with Gasteiger partial charge in [0.1, 0.15) is 0 Å². The van der Waals surface area contributed by atoms with Crippen LogP contribution < -0.4 is 0 Å². The molecule has 0 aliphatic carbocycles. The van der Waals surface area contributed by atoms with E-state index in [1.807, 2.05) is 13.1 Å². The van der Waals surface area contributed by atoms with Crippen molar-refractivity contribution in [1.82, 2.24) is 0 Å². The molecule has 5 atom stereocenters. The molecule has 8 heteroatoms. The minimum atomic E-state index is -1.55. The van der Waals surface area contributed by atoms with E-state index in [1.54, 1.807) is 0 Å². The van der Waals surface area contributed by atoms with Crippen LogP contribution in [0.15, 0.2) is 0 Å². The predicted octanol–water partition coefficient (Wildman–Crippen LogP) is -0.698. The zero-order valence-electron chi connectivity index (χ0n) is 9.01. The van der Waals surface area contributed by atoms with Crippen LogP contribution in [-0.4, -0.2) is 49.7 Å². The molecular formula is C6H21O4PSi3. The first-order chi connectivity index (χ1) is 6.45. The van der Waals surface area contributed by atoms with Crippen molar-refractivity contribution < 1.29 is 18.4 Å². The van der Waals surface area contributed by atoms with Crippen molar-refractivity contribution in [2.45, 2.75) is 31.5 Å². The van der Waals surface area contributed by atoms with Gasteiger partial charge in [0.15, 0.2) is 18.1 Å². The maximum absolute atomic E-state index is 9.12. The summed E-state index contributed by atoms with van der Waals surface area (Å²) in [5.74, 6) is -0.356. The zero-order valence-corrected chi connectivity index (χ0v) is 13.6. The third-order valence-corrected chi connectivity index (χ3v) is 10.9. The first-order valence-corrected chi connectivity index (χ1v) is 12.5. The quantitative estimate of drug-likeness (QED) is 0.475. The topological polar surface area (TPSA) is 58.9 Å². The van der Waals surface area contributed by atoms with Crippen LogP contribution >= 0.6 is 9.24 Å². The molecule has 0 rings (SSSR count). The summed E-state index contributed by atoms with van der Waals surface area (Å²) >= 11 is 0. The molecule has 0 aromatic rings. The molecule has 0 spiro atoms. The first-order valence-electron chi connectivity index (χ1n) is 4.81. The Hall–Kier alpha value is 0.921. The standard InChI is InChI=1S/C6H21O4PSi3/c1-12(4-6(8)11)9-14(3)10-13(2)5-7/h6-8,12-14H,4-5,11H2,1-3H3/t6-,12?,13?,14?/m0/s1. The lowest BCUT2D eigenvalue weighted by Crippen LogP contribution is -2.34. The Morgan fingerprint density at radius 3 is 2.14 bits per heavy atom. The summed E-state index contributed by atoms with van der Waals surface area (Å²) in [7, 11) is -1.86. The van der Waals surface area contributed by atoms with Gasteiger partial charge in [-0.05, 0) is 25.7 Å². The Labute approximate surface area is 93.1 Å². The van der Waals surface area contributed by atoms with Gasteiger partial charge in [-0.25, -0.2) is 0 Å². The van der Waals surface area contributed by atoms with Crippen LogP contribution in [0, 0.1) is 0 Å². The molecule has 0 aromatic heterocycles. The number of rotatable bonds is 7. The van der Waals surface area contributed by atoms with Gasteiger partial charge in [0.25, 0.3) is 9.28 Å². The molecule has 0 amide bonds. The van der Waals surface area contributed by atoms with E-state index < -0.39 is 27.4 Å². The minimum absolute atomic E-state index is 0.170. The molecule has 0 heterocycles. The second-order valence-corrected chi connectivity index (χ2v) is 11.6. The van der Waals surface area contributed by atoms with Crippen LogP contribution in [0.4, 0.5) is 0 Å². The second kappa shape index (κ2) is 8.12. The van der Waals surface area contributed by atoms with E-state index in [4.69, 9.17) is 18.4 Å². The zero-order chi connectivity index (χ0) is 11.1. The van der Waals surface area contributed by atoms with Crippen LogP contribution in [-0.2, 0) is 8.23 Å². The molecule has 0 aromatic carbocycles. The monoisotopic (exact) mass is 272 g/mol. The molecule has 0 bridgehead atoms. The first kappa shape index (κ1) is 14.9. The third kappa shape index (κ3) is 8.25. The molecule has 2 N–H and O–H groups in total. The van der Waals surface area contributed by atoms with Crippen molar-refractivity contribution in [2.24, 2.45) is 0 Å². The normalized spacial score (nSPS) is 20.1. The summed E-state index contributed by atoms with van der Waals surface area (Å²) in [6.45, 7) is 6.01. The lowest BCUT2D eigenvalue weighted by molar-refractivity contribution is 0.277. The molecule has 4 unspecified atom stereocenters. The summed E-state index contributed by atoms with van der Waals surface area (Å²) in [6, 6.07) is 0.737. The van der Waals surface area contributed by atoms with Gasteiger partial charge in [-0.1, -0.05) is 0 Å². The summed E-state index contributed by atoms with van der Waals surface area (Å²) in [6.07, 6.45) is 0.170. The molecular weight excluding hydrogens is 251 g/mol. The van der Waals surface area contributed by atoms with Crippen LogP contribution in [0.25, 0.3) is 0 Å². The van der Waals surface area contributed by atoms with E-state index in [-0.39, 0.29) is 12.1 Å². The SMILES string of the molecule is C[SiH](CO)O[SiH](C)O[SiH](C)C[C@@H](O)P. The third-order valence-electron chi connectivity index (χ3n) is 1.68. The number of aliphatic hydroxyl groups is 2. The highest BCUT2D eigenvalue weighted by atomic mass is 31.0. The molecule has 0 radical (unpaired) electrons. The Bertz CT molecular complexity index is 151. The van der Waals surface area contributed by atoms with Crippen molar-refractivity contribution in [3.8, 4) is 0 Å². The van der Waals surface area contributed by atoms with Gasteiger partial charge in [-0.3, -0.25) is 0 Å². The van der Waals surface area contributed by atoms with Crippen molar-refractivity contribution in [3.63, 3.8) is 0 Å². The van der Waals surface area contributed by atoms with Crippen molar-refractivity contribution in [3.05, 3.63) is 0 Å². The van der Waals surface area contributed by atoms with E-state index in [2.05, 4.69) is 15.8 Å². The van der Waals surface area contributed by atoms with Crippen molar-refractivity contribution in [1.29, 1.82) is 0 Å². The van der Waals surface area contributed by atoms with E-state index >= 15 is 0 Å². The summed E-state index contributed by atoms with van der Waals surface area (Å²) in [4.78, 5) is 0. The second-order valence-electron chi connectivity index (χ2n) is 3.45. The van der Waals surface area contributed by atoms with Gasteiger partial charge in [0, 0.05) is 0 Å². The van der Waals surface area contributed by atoms with Crippen LogP contribution in [0.5, 0.6) is 0 Å². The summed E-state index contributed by atoms with van der Waals surface area (Å²) < 4.78 is 11.3. The summed E-state index contributed by atoms with van der Waals surface area (Å²) in [5, 5.41) is 18.0. The fraction of sp³-hybridized carbons (Fsp3) is 1.00. The van der Waals surface area contributed by atoms with Crippen LogP contribution in [0.1, 0.15) is 0 Å². The fourth-order valence-electron chi connectivity index (χ4n) is 1.13. The lowest BCUT2D eigenvalue weighted by Gasteiger charge is -2.21. The number of hydrogen-bond donors (Lipinski definition) is 2. The fourth-order valence-corrected chi connectivity index (χ4v) is 9.81. The Morgan fingerprint density at radius 1 is 1.21 bits per heavy atom. The van der Waals surface area contributed by atoms with E-state index in [9.17, 15) is 0 Å². The average molecular weight is 272 g/mol. The van der Waals surface area contributed by atoms with Crippen molar-refractivity contribution >= 4 is 36.6 Å². The van der Waals surface area contributed by atoms with Gasteiger partial charge < -0.3 is 18.4 Å². The van der Waals surface area contributed by atoms with Crippen molar-refractivity contribution in [2.75, 3.05) is 6.23 Å². The van der Waals surface area contributed by atoms with Crippen LogP contribution in [0.2, 0.25) is 25.7 Å². The summed E-state index contributed by atoms with van der Waals surface area (Å²) in [5.41, 5.74) is 0. The Kier molecular flexibility index (Phi) is 8.65. The maximum atomic E-state index is 9.12. The molecule has 0 aliphatic heterocycles. The molecule has 86 valence electrons. The van der Waals surface area contributed by atoms with Gasteiger partial charge in [-0.15, -0.1) is 9.24 Å². The molecule has 4 nitrogen and oxygen atoms in total.